The summed E-state index contributed by atoms with van der Waals surface area (Å²) >= 11 is 1.50. The van der Waals surface area contributed by atoms with Crippen LogP contribution in [0.2, 0.25) is 0 Å². The zero-order valence-electron chi connectivity index (χ0n) is 14.2. The van der Waals surface area contributed by atoms with Gasteiger partial charge in [0.25, 0.3) is 5.91 Å². The molecule has 1 amide bonds. The summed E-state index contributed by atoms with van der Waals surface area (Å²) in [5.41, 5.74) is 1.70. The van der Waals surface area contributed by atoms with Crippen LogP contribution < -0.4 is 5.32 Å². The van der Waals surface area contributed by atoms with Crippen LogP contribution in [0.4, 0.5) is 0 Å². The number of ether oxygens (including phenoxy) is 1. The molecule has 2 heterocycles. The lowest BCUT2D eigenvalue weighted by Gasteiger charge is -2.09. The Balaban J connectivity index is 1.73. The molecular formula is C18H20N4O2S. The normalized spacial score (nSPS) is 11.2. The minimum Gasteiger partial charge on any atom is -0.379 e. The van der Waals surface area contributed by atoms with Crippen LogP contribution in [-0.2, 0) is 4.74 Å². The highest BCUT2D eigenvalue weighted by atomic mass is 32.1. The Morgan fingerprint density at radius 2 is 2.04 bits per heavy atom. The van der Waals surface area contributed by atoms with Crippen LogP contribution >= 0.6 is 11.3 Å². The molecule has 0 saturated carbocycles. The summed E-state index contributed by atoms with van der Waals surface area (Å²) in [6.45, 7) is 5.12. The molecule has 0 spiro atoms. The van der Waals surface area contributed by atoms with E-state index in [0.717, 1.165) is 16.6 Å². The molecule has 0 saturated heterocycles. The van der Waals surface area contributed by atoms with Gasteiger partial charge >= 0.3 is 0 Å². The average Bonchev–Trinajstić information content (AvgIpc) is 3.05. The van der Waals surface area contributed by atoms with Crippen molar-refractivity contribution in [3.63, 3.8) is 0 Å². The van der Waals surface area contributed by atoms with Gasteiger partial charge in [0.1, 0.15) is 10.7 Å². The van der Waals surface area contributed by atoms with E-state index in [2.05, 4.69) is 20.3 Å². The highest BCUT2D eigenvalue weighted by Gasteiger charge is 2.18. The van der Waals surface area contributed by atoms with Gasteiger partial charge in [0, 0.05) is 25.5 Å². The molecular weight excluding hydrogens is 336 g/mol. The smallest absolute Gasteiger partial charge is 0.272 e. The third-order valence-electron chi connectivity index (χ3n) is 3.47. The van der Waals surface area contributed by atoms with E-state index in [4.69, 9.17) is 4.74 Å². The second-order valence-corrected chi connectivity index (χ2v) is 6.80. The van der Waals surface area contributed by atoms with Crippen molar-refractivity contribution in [2.45, 2.75) is 26.4 Å². The van der Waals surface area contributed by atoms with Gasteiger partial charge in [0.05, 0.1) is 16.3 Å². The number of para-hydroxylation sites is 1. The van der Waals surface area contributed by atoms with Gasteiger partial charge in [-0.1, -0.05) is 12.1 Å². The monoisotopic (exact) mass is 356 g/mol. The molecule has 1 N–H and O–H groups in total. The summed E-state index contributed by atoms with van der Waals surface area (Å²) in [4.78, 5) is 25.6. The van der Waals surface area contributed by atoms with E-state index < -0.39 is 0 Å². The van der Waals surface area contributed by atoms with E-state index in [1.165, 1.54) is 17.5 Å². The molecule has 0 fully saturated rings. The van der Waals surface area contributed by atoms with Crippen molar-refractivity contribution in [3.8, 4) is 10.7 Å². The van der Waals surface area contributed by atoms with Gasteiger partial charge in [-0.25, -0.2) is 15.0 Å². The van der Waals surface area contributed by atoms with E-state index >= 15 is 0 Å². The molecule has 3 aromatic rings. The zero-order valence-corrected chi connectivity index (χ0v) is 15.0. The van der Waals surface area contributed by atoms with E-state index in [9.17, 15) is 4.79 Å². The van der Waals surface area contributed by atoms with Gasteiger partial charge < -0.3 is 10.1 Å². The van der Waals surface area contributed by atoms with Crippen LogP contribution in [0.15, 0.2) is 36.7 Å². The fourth-order valence-corrected chi connectivity index (χ4v) is 3.27. The predicted octanol–water partition coefficient (Wildman–Crippen LogP) is 3.30. The van der Waals surface area contributed by atoms with Crippen LogP contribution in [0.5, 0.6) is 0 Å². The second kappa shape index (κ2) is 8.13. The lowest BCUT2D eigenvalue weighted by molar-refractivity contribution is 0.0756. The Kier molecular flexibility index (Phi) is 5.67. The molecule has 6 nitrogen and oxygen atoms in total. The van der Waals surface area contributed by atoms with E-state index in [1.54, 1.807) is 6.20 Å². The number of thiazole rings is 1. The lowest BCUT2D eigenvalue weighted by Crippen LogP contribution is -2.27. The highest BCUT2D eigenvalue weighted by Crippen LogP contribution is 2.29. The summed E-state index contributed by atoms with van der Waals surface area (Å²) in [7, 11) is 0. The summed E-state index contributed by atoms with van der Waals surface area (Å²) in [6.07, 6.45) is 4.05. The van der Waals surface area contributed by atoms with Gasteiger partial charge in [0.15, 0.2) is 5.69 Å². The SMILES string of the molecule is CC(C)OCCCNC(=O)c1nccnc1-c1nc2ccccc2s1. The largest absolute Gasteiger partial charge is 0.379 e. The standard InChI is InChI=1S/C18H20N4O2S/c1-12(2)24-11-5-8-21-17(23)15-16(20-10-9-19-15)18-22-13-6-3-4-7-14(13)25-18/h3-4,6-7,9-10,12H,5,8,11H2,1-2H3,(H,21,23). The number of nitrogens with one attached hydrogen (secondary N) is 1. The Bertz CT molecular complexity index is 830. The van der Waals surface area contributed by atoms with Crippen molar-refractivity contribution in [3.05, 3.63) is 42.4 Å². The topological polar surface area (TPSA) is 77.0 Å². The van der Waals surface area contributed by atoms with Crippen molar-refractivity contribution < 1.29 is 9.53 Å². The maximum Gasteiger partial charge on any atom is 0.272 e. The molecule has 0 aliphatic carbocycles. The van der Waals surface area contributed by atoms with Crippen molar-refractivity contribution in [1.82, 2.24) is 20.3 Å². The van der Waals surface area contributed by atoms with Crippen molar-refractivity contribution in [1.29, 1.82) is 0 Å². The number of benzene rings is 1. The number of fused-ring (bicyclic) bond motifs is 1. The Morgan fingerprint density at radius 1 is 1.24 bits per heavy atom. The van der Waals surface area contributed by atoms with Crippen molar-refractivity contribution in [2.24, 2.45) is 0 Å². The first-order chi connectivity index (χ1) is 12.1. The van der Waals surface area contributed by atoms with Crippen LogP contribution in [0.3, 0.4) is 0 Å². The molecule has 0 bridgehead atoms. The van der Waals surface area contributed by atoms with Crippen LogP contribution in [0.1, 0.15) is 30.8 Å². The van der Waals surface area contributed by atoms with Crippen LogP contribution in [-0.4, -0.2) is 40.1 Å². The number of rotatable bonds is 7. The fraction of sp³-hybridized carbons (Fsp3) is 0.333. The first-order valence-corrected chi connectivity index (χ1v) is 9.03. The van der Waals surface area contributed by atoms with Crippen molar-refractivity contribution >= 4 is 27.5 Å². The molecule has 0 aliphatic rings. The maximum atomic E-state index is 12.5. The zero-order chi connectivity index (χ0) is 17.6. The Hall–Kier alpha value is -2.38. The van der Waals surface area contributed by atoms with Gasteiger partial charge in [-0.3, -0.25) is 4.79 Å². The number of carbonyl (C=O) groups excluding carboxylic acids is 1. The third kappa shape index (κ3) is 4.37. The van der Waals surface area contributed by atoms with E-state index in [1.807, 2.05) is 38.1 Å². The molecule has 3 rings (SSSR count). The number of amides is 1. The molecule has 7 heteroatoms. The molecule has 0 unspecified atom stereocenters. The van der Waals surface area contributed by atoms with Gasteiger partial charge in [-0.15, -0.1) is 11.3 Å². The Labute approximate surface area is 150 Å². The van der Waals surface area contributed by atoms with Crippen molar-refractivity contribution in [2.75, 3.05) is 13.2 Å². The molecule has 2 aromatic heterocycles. The fourth-order valence-electron chi connectivity index (χ4n) is 2.31. The van der Waals surface area contributed by atoms with Crippen LogP contribution in [0.25, 0.3) is 20.9 Å². The molecule has 0 atom stereocenters. The molecule has 0 radical (unpaired) electrons. The molecule has 0 aliphatic heterocycles. The summed E-state index contributed by atoms with van der Waals surface area (Å²) in [5.74, 6) is -0.244. The number of hydrogen-bond donors (Lipinski definition) is 1. The van der Waals surface area contributed by atoms with E-state index in [-0.39, 0.29) is 12.0 Å². The number of hydrogen-bond acceptors (Lipinski definition) is 6. The first kappa shape index (κ1) is 17.4. The summed E-state index contributed by atoms with van der Waals surface area (Å²) in [5, 5.41) is 3.57. The number of nitrogens with zero attached hydrogens (tertiary/aromatic N) is 3. The summed E-state index contributed by atoms with van der Waals surface area (Å²) < 4.78 is 6.52. The lowest BCUT2D eigenvalue weighted by atomic mass is 10.3. The van der Waals surface area contributed by atoms with Crippen LogP contribution in [0, 0.1) is 0 Å². The van der Waals surface area contributed by atoms with Gasteiger partial charge in [-0.2, -0.15) is 0 Å². The summed E-state index contributed by atoms with van der Waals surface area (Å²) in [6, 6.07) is 7.85. The van der Waals surface area contributed by atoms with Gasteiger partial charge in [0.2, 0.25) is 0 Å². The Morgan fingerprint density at radius 3 is 2.84 bits per heavy atom. The van der Waals surface area contributed by atoms with E-state index in [0.29, 0.717) is 29.5 Å². The minimum atomic E-state index is -0.244. The number of carbonyl (C=O) groups is 1. The predicted molar refractivity (Wildman–Crippen MR) is 98.7 cm³/mol. The highest BCUT2D eigenvalue weighted by molar-refractivity contribution is 7.21. The molecule has 130 valence electrons. The average molecular weight is 356 g/mol. The van der Waals surface area contributed by atoms with Gasteiger partial charge in [-0.05, 0) is 32.4 Å². The molecule has 25 heavy (non-hydrogen) atoms. The molecule has 1 aromatic carbocycles. The third-order valence-corrected chi connectivity index (χ3v) is 4.51. The minimum absolute atomic E-state index is 0.196. The quantitative estimate of drug-likeness (QED) is 0.657. The number of aromatic nitrogens is 3. The first-order valence-electron chi connectivity index (χ1n) is 8.22. The maximum absolute atomic E-state index is 12.5. The second-order valence-electron chi connectivity index (χ2n) is 5.77.